The maximum absolute atomic E-state index is 13.2. The molecule has 2 saturated carbocycles. The van der Waals surface area contributed by atoms with Crippen molar-refractivity contribution in [3.8, 4) is 5.75 Å². The molecule has 1 N–H and O–H groups in total. The summed E-state index contributed by atoms with van der Waals surface area (Å²) in [6, 6.07) is 13.6. The third-order valence-corrected chi connectivity index (χ3v) is 10.1. The number of esters is 1. The van der Waals surface area contributed by atoms with E-state index in [9.17, 15) is 9.59 Å². The van der Waals surface area contributed by atoms with Crippen LogP contribution in [-0.4, -0.2) is 48.6 Å². The molecule has 2 aliphatic carbocycles. The zero-order valence-corrected chi connectivity index (χ0v) is 25.6. The molecule has 1 heterocycles. The first-order valence-electron chi connectivity index (χ1n) is 14.9. The van der Waals surface area contributed by atoms with E-state index in [1.807, 2.05) is 18.2 Å². The fourth-order valence-corrected chi connectivity index (χ4v) is 8.07. The van der Waals surface area contributed by atoms with Crippen molar-refractivity contribution in [2.75, 3.05) is 26.2 Å². The van der Waals surface area contributed by atoms with Gasteiger partial charge in [0.25, 0.3) is 0 Å². The lowest BCUT2D eigenvalue weighted by atomic mass is 9.57. The molecule has 2 aromatic rings. The Balaban J connectivity index is 1.39. The van der Waals surface area contributed by atoms with E-state index >= 15 is 0 Å². The highest BCUT2D eigenvalue weighted by Gasteiger charge is 2.54. The Bertz CT molecular complexity index is 1240. The quantitative estimate of drug-likeness (QED) is 0.196. The van der Waals surface area contributed by atoms with Gasteiger partial charge in [-0.25, -0.2) is 0 Å². The summed E-state index contributed by atoms with van der Waals surface area (Å²) in [5.74, 6) is 2.39. The first-order chi connectivity index (χ1) is 19.1. The van der Waals surface area contributed by atoms with Gasteiger partial charge in [-0.1, -0.05) is 55.2 Å². The maximum atomic E-state index is 13.2. The number of carbonyl (C=O) groups is 2. The maximum Gasteiger partial charge on any atom is 0.308 e. The number of likely N-dealkylation sites (tertiary alicyclic amines) is 1. The predicted molar refractivity (Wildman–Crippen MR) is 161 cm³/mol. The summed E-state index contributed by atoms with van der Waals surface area (Å²) in [4.78, 5) is 24.9. The third kappa shape index (κ3) is 6.86. The fraction of sp³-hybridized carbons (Fsp3) is 0.576. The summed E-state index contributed by atoms with van der Waals surface area (Å²) in [6.45, 7) is 11.1. The summed E-state index contributed by atoms with van der Waals surface area (Å²) in [6.07, 6.45) is 7.09. The number of hydrogen-bond donors (Lipinski definition) is 1. The van der Waals surface area contributed by atoms with E-state index in [2.05, 4.69) is 31.3 Å². The van der Waals surface area contributed by atoms with E-state index in [1.54, 1.807) is 12.1 Å². The molecule has 1 aliphatic heterocycles. The van der Waals surface area contributed by atoms with E-state index in [0.29, 0.717) is 27.6 Å². The zero-order valence-electron chi connectivity index (χ0n) is 24.1. The number of nitrogens with zero attached hydrogens (tertiary/aromatic N) is 1. The van der Waals surface area contributed by atoms with Gasteiger partial charge in [-0.2, -0.15) is 0 Å². The molecule has 1 saturated heterocycles. The topological polar surface area (TPSA) is 55.4 Å². The van der Waals surface area contributed by atoms with Crippen LogP contribution in [0.1, 0.15) is 70.4 Å². The molecule has 3 aliphatic rings. The Kier molecular flexibility index (Phi) is 8.85. The van der Waals surface area contributed by atoms with Crippen molar-refractivity contribution in [2.24, 2.45) is 17.8 Å². The predicted octanol–water partition coefficient (Wildman–Crippen LogP) is 6.97. The Morgan fingerprint density at radius 1 is 1.07 bits per heavy atom. The van der Waals surface area contributed by atoms with E-state index < -0.39 is 0 Å². The number of carbonyl (C=O) groups excluding carboxylic acids is 2. The zero-order chi connectivity index (χ0) is 28.5. The summed E-state index contributed by atoms with van der Waals surface area (Å²) in [7, 11) is 0. The van der Waals surface area contributed by atoms with Gasteiger partial charge in [0.1, 0.15) is 5.75 Å². The molecule has 1 amide bonds. The molecule has 5 rings (SSSR count). The van der Waals surface area contributed by atoms with Crippen molar-refractivity contribution in [3.63, 3.8) is 0 Å². The lowest BCUT2D eigenvalue weighted by Gasteiger charge is -2.57. The number of rotatable bonds is 9. The number of hydrogen-bond acceptors (Lipinski definition) is 3. The van der Waals surface area contributed by atoms with Crippen molar-refractivity contribution in [3.05, 3.63) is 63.6 Å². The average Bonchev–Trinajstić information content (AvgIpc) is 3.69. The van der Waals surface area contributed by atoms with Gasteiger partial charge in [0.15, 0.2) is 0 Å². The summed E-state index contributed by atoms with van der Waals surface area (Å²) in [5.41, 5.74) is 2.05. The number of benzene rings is 2. The lowest BCUT2D eigenvalue weighted by Crippen LogP contribution is -2.64. The van der Waals surface area contributed by atoms with Crippen molar-refractivity contribution in [1.82, 2.24) is 5.32 Å². The van der Waals surface area contributed by atoms with Gasteiger partial charge in [-0.15, -0.1) is 0 Å². The van der Waals surface area contributed by atoms with Crippen LogP contribution in [0.2, 0.25) is 10.0 Å². The number of nitrogens with one attached hydrogen (secondary N) is 1. The average molecular weight is 587 g/mol. The number of halogens is 2. The Hall–Kier alpha value is -2.08. The van der Waals surface area contributed by atoms with Crippen molar-refractivity contribution in [2.45, 2.75) is 77.2 Å². The van der Waals surface area contributed by atoms with Crippen LogP contribution in [0.5, 0.6) is 5.75 Å². The highest BCUT2D eigenvalue weighted by molar-refractivity contribution is 6.42. The SMILES string of the molecule is CC(=O)Oc1cccc([C@]23CC[N@+](CC(C)C)(CC4CC4)CC2CC[C@H](NC(=O)Cc2ccc(Cl)c(Cl)c2)C3)c1. The van der Waals surface area contributed by atoms with Crippen LogP contribution in [-0.2, 0) is 21.4 Å². The van der Waals surface area contributed by atoms with Gasteiger partial charge in [0.05, 0.1) is 42.6 Å². The number of quaternary nitrogens is 1. The fourth-order valence-electron chi connectivity index (χ4n) is 7.75. The van der Waals surface area contributed by atoms with Gasteiger partial charge in [-0.3, -0.25) is 9.59 Å². The lowest BCUT2D eigenvalue weighted by molar-refractivity contribution is -0.942. The Labute approximate surface area is 249 Å². The van der Waals surface area contributed by atoms with Crippen LogP contribution in [0.15, 0.2) is 42.5 Å². The van der Waals surface area contributed by atoms with E-state index in [4.69, 9.17) is 27.9 Å². The van der Waals surface area contributed by atoms with Crippen LogP contribution in [0.4, 0.5) is 0 Å². The van der Waals surface area contributed by atoms with Crippen molar-refractivity contribution in [1.29, 1.82) is 0 Å². The Morgan fingerprint density at radius 2 is 1.88 bits per heavy atom. The molecule has 216 valence electrons. The molecular formula is C33H43Cl2N2O3+. The van der Waals surface area contributed by atoms with Crippen LogP contribution in [0.3, 0.4) is 0 Å². The standard InChI is InChI=1S/C33H42Cl2N2O3/c1-22(2)19-37(20-24-7-8-24)14-13-33(26-5-4-6-29(17-26)40-23(3)38)18-28(11-10-27(33)21-37)36-32(39)16-25-9-12-30(34)31(35)15-25/h4-6,9,12,15,17,22,24,27-28H,7-8,10-11,13-14,16,18-21H2,1-3H3/p+1/t27?,28-,33+,37-/m0/s1. The minimum atomic E-state index is -0.303. The molecule has 0 spiro atoms. The van der Waals surface area contributed by atoms with Crippen molar-refractivity contribution < 1.29 is 18.8 Å². The Morgan fingerprint density at radius 3 is 2.58 bits per heavy atom. The number of ether oxygens (including phenoxy) is 1. The monoisotopic (exact) mass is 585 g/mol. The number of fused-ring (bicyclic) bond motifs is 1. The highest BCUT2D eigenvalue weighted by Crippen LogP contribution is 2.52. The smallest absolute Gasteiger partial charge is 0.308 e. The molecule has 4 atom stereocenters. The van der Waals surface area contributed by atoms with Gasteiger partial charge in [0.2, 0.25) is 5.91 Å². The van der Waals surface area contributed by atoms with Gasteiger partial charge >= 0.3 is 5.97 Å². The minimum absolute atomic E-state index is 0.0140. The third-order valence-electron chi connectivity index (χ3n) is 9.37. The van der Waals surface area contributed by atoms with E-state index in [1.165, 1.54) is 49.4 Å². The van der Waals surface area contributed by atoms with Crippen LogP contribution < -0.4 is 10.1 Å². The highest BCUT2D eigenvalue weighted by atomic mass is 35.5. The molecule has 1 unspecified atom stereocenters. The molecule has 0 bridgehead atoms. The second-order valence-corrected chi connectivity index (χ2v) is 14.0. The molecule has 0 radical (unpaired) electrons. The molecule has 2 aromatic carbocycles. The minimum Gasteiger partial charge on any atom is -0.427 e. The molecule has 5 nitrogen and oxygen atoms in total. The summed E-state index contributed by atoms with van der Waals surface area (Å²) in [5, 5.41) is 4.33. The molecular weight excluding hydrogens is 543 g/mol. The largest absolute Gasteiger partial charge is 0.427 e. The first kappa shape index (κ1) is 29.4. The van der Waals surface area contributed by atoms with Gasteiger partial charge in [0, 0.05) is 42.6 Å². The normalized spacial score (nSPS) is 28.1. The second-order valence-electron chi connectivity index (χ2n) is 13.1. The van der Waals surface area contributed by atoms with Crippen molar-refractivity contribution >= 4 is 35.1 Å². The van der Waals surface area contributed by atoms with Crippen LogP contribution in [0.25, 0.3) is 0 Å². The van der Waals surface area contributed by atoms with E-state index in [-0.39, 0.29) is 29.8 Å². The first-order valence-corrected chi connectivity index (χ1v) is 15.7. The summed E-state index contributed by atoms with van der Waals surface area (Å²) < 4.78 is 6.75. The van der Waals surface area contributed by atoms with Gasteiger partial charge in [-0.05, 0) is 67.5 Å². The van der Waals surface area contributed by atoms with Crippen LogP contribution >= 0.6 is 23.2 Å². The van der Waals surface area contributed by atoms with Crippen LogP contribution in [0, 0.1) is 17.8 Å². The van der Waals surface area contributed by atoms with Gasteiger partial charge < -0.3 is 14.5 Å². The number of amides is 1. The second kappa shape index (κ2) is 12.0. The molecule has 7 heteroatoms. The molecule has 0 aromatic heterocycles. The molecule has 40 heavy (non-hydrogen) atoms. The summed E-state index contributed by atoms with van der Waals surface area (Å²) >= 11 is 12.3. The number of piperidine rings is 1. The van der Waals surface area contributed by atoms with E-state index in [0.717, 1.165) is 43.7 Å². The molecule has 3 fully saturated rings.